The summed E-state index contributed by atoms with van der Waals surface area (Å²) in [6.07, 6.45) is -5.18. The lowest BCUT2D eigenvalue weighted by atomic mass is 10.3. The van der Waals surface area contributed by atoms with Gasteiger partial charge >= 0.3 is 12.2 Å². The van der Waals surface area contributed by atoms with Gasteiger partial charge in [0.15, 0.2) is 6.23 Å². The summed E-state index contributed by atoms with van der Waals surface area (Å²) in [5.74, 6) is -0.281. The summed E-state index contributed by atoms with van der Waals surface area (Å²) in [4.78, 5) is 20.6. The molecule has 0 spiro atoms. The Bertz CT molecular complexity index is 508. The van der Waals surface area contributed by atoms with Crippen molar-refractivity contribution in [3.05, 3.63) is 18.1 Å². The molecule has 1 fully saturated rings. The SMILES string of the molecule is CC1C(O)N(c2cc(C(F)(F)F)ncn2)C(=O)N1C. The molecule has 1 aliphatic rings. The number of hydrogen-bond donors (Lipinski definition) is 1. The summed E-state index contributed by atoms with van der Waals surface area (Å²) >= 11 is 0. The standard InChI is InChI=1S/C10H11F3N4O2/c1-5-8(18)17(9(19)16(5)2)7-3-6(10(11,12)13)14-4-15-7/h3-5,8,18H,1-2H3. The summed E-state index contributed by atoms with van der Waals surface area (Å²) in [6, 6.07) is -0.531. The molecular formula is C10H11F3N4O2. The van der Waals surface area contributed by atoms with Crippen LogP contribution >= 0.6 is 0 Å². The highest BCUT2D eigenvalue weighted by Gasteiger charge is 2.43. The summed E-state index contributed by atoms with van der Waals surface area (Å²) in [5.41, 5.74) is -1.17. The molecule has 104 valence electrons. The van der Waals surface area contributed by atoms with Gasteiger partial charge < -0.3 is 10.0 Å². The zero-order valence-corrected chi connectivity index (χ0v) is 10.1. The third-order valence-corrected chi connectivity index (χ3v) is 3.00. The van der Waals surface area contributed by atoms with Crippen LogP contribution in [-0.4, -0.2) is 45.3 Å². The Balaban J connectivity index is 2.40. The maximum absolute atomic E-state index is 12.5. The fraction of sp³-hybridized carbons (Fsp3) is 0.500. The Labute approximate surface area is 106 Å². The zero-order valence-electron chi connectivity index (χ0n) is 10.1. The topological polar surface area (TPSA) is 69.6 Å². The van der Waals surface area contributed by atoms with Gasteiger partial charge in [0.1, 0.15) is 17.8 Å². The second kappa shape index (κ2) is 4.34. The molecule has 1 N–H and O–H groups in total. The van der Waals surface area contributed by atoms with E-state index in [1.807, 2.05) is 0 Å². The highest BCUT2D eigenvalue weighted by molar-refractivity contribution is 5.94. The number of amides is 2. The number of likely N-dealkylation sites (N-methyl/N-ethyl adjacent to an activating group) is 1. The Morgan fingerprint density at radius 1 is 1.37 bits per heavy atom. The molecular weight excluding hydrogens is 265 g/mol. The normalized spacial score (nSPS) is 24.2. The van der Waals surface area contributed by atoms with Crippen molar-refractivity contribution in [1.82, 2.24) is 14.9 Å². The van der Waals surface area contributed by atoms with Gasteiger partial charge in [-0.15, -0.1) is 0 Å². The van der Waals surface area contributed by atoms with Gasteiger partial charge in [-0.3, -0.25) is 0 Å². The van der Waals surface area contributed by atoms with Crippen LogP contribution in [0.15, 0.2) is 12.4 Å². The summed E-state index contributed by atoms with van der Waals surface area (Å²) in [6.45, 7) is 1.58. The van der Waals surface area contributed by atoms with Crippen LogP contribution < -0.4 is 4.90 Å². The fourth-order valence-corrected chi connectivity index (χ4v) is 1.74. The van der Waals surface area contributed by atoms with Gasteiger partial charge in [-0.05, 0) is 6.92 Å². The number of nitrogens with zero attached hydrogens (tertiary/aromatic N) is 4. The predicted octanol–water partition coefficient (Wildman–Crippen LogP) is 1.07. The number of alkyl halides is 3. The van der Waals surface area contributed by atoms with Crippen molar-refractivity contribution in [1.29, 1.82) is 0 Å². The zero-order chi connectivity index (χ0) is 14.4. The molecule has 0 aromatic carbocycles. The Kier molecular flexibility index (Phi) is 3.09. The minimum atomic E-state index is -4.64. The van der Waals surface area contributed by atoms with Crippen molar-refractivity contribution >= 4 is 11.8 Å². The van der Waals surface area contributed by atoms with Crippen LogP contribution in [0.5, 0.6) is 0 Å². The first kappa shape index (κ1) is 13.5. The van der Waals surface area contributed by atoms with Crippen molar-refractivity contribution in [2.45, 2.75) is 25.4 Å². The van der Waals surface area contributed by atoms with Crippen LogP contribution in [0.3, 0.4) is 0 Å². The maximum Gasteiger partial charge on any atom is 0.433 e. The highest BCUT2D eigenvalue weighted by Crippen LogP contribution is 2.31. The number of aliphatic hydroxyl groups is 1. The Hall–Kier alpha value is -1.90. The first-order valence-corrected chi connectivity index (χ1v) is 5.37. The van der Waals surface area contributed by atoms with Gasteiger partial charge in [0.25, 0.3) is 0 Å². The molecule has 2 heterocycles. The van der Waals surface area contributed by atoms with E-state index in [1.54, 1.807) is 6.92 Å². The van der Waals surface area contributed by atoms with Crippen LogP contribution in [0.1, 0.15) is 12.6 Å². The molecule has 0 bridgehead atoms. The molecule has 0 radical (unpaired) electrons. The van der Waals surface area contributed by atoms with Crippen LogP contribution in [0.2, 0.25) is 0 Å². The summed E-state index contributed by atoms with van der Waals surface area (Å²) in [7, 11) is 1.45. The third kappa shape index (κ3) is 2.21. The average Bonchev–Trinajstić information content (AvgIpc) is 2.53. The second-order valence-electron chi connectivity index (χ2n) is 4.18. The molecule has 2 amide bonds. The molecule has 9 heteroatoms. The molecule has 0 saturated carbocycles. The largest absolute Gasteiger partial charge is 0.433 e. The molecule has 2 rings (SSSR count). The van der Waals surface area contributed by atoms with Crippen LogP contribution in [0, 0.1) is 0 Å². The van der Waals surface area contributed by atoms with Crippen LogP contribution in [-0.2, 0) is 6.18 Å². The summed E-state index contributed by atoms with van der Waals surface area (Å²) in [5, 5.41) is 9.87. The number of anilines is 1. The van der Waals surface area contributed by atoms with Crippen molar-refractivity contribution in [2.24, 2.45) is 0 Å². The number of carbonyl (C=O) groups excluding carboxylic acids is 1. The number of urea groups is 1. The van der Waals surface area contributed by atoms with E-state index < -0.39 is 30.2 Å². The highest BCUT2D eigenvalue weighted by atomic mass is 19.4. The molecule has 0 aliphatic carbocycles. The molecule has 19 heavy (non-hydrogen) atoms. The smallest absolute Gasteiger partial charge is 0.371 e. The van der Waals surface area contributed by atoms with Crippen LogP contribution in [0.4, 0.5) is 23.8 Å². The number of aromatic nitrogens is 2. The molecule has 1 aromatic heterocycles. The van der Waals surface area contributed by atoms with Gasteiger partial charge in [-0.1, -0.05) is 0 Å². The lowest BCUT2D eigenvalue weighted by Gasteiger charge is -2.19. The lowest BCUT2D eigenvalue weighted by molar-refractivity contribution is -0.141. The van der Waals surface area contributed by atoms with Gasteiger partial charge in [0.05, 0.1) is 6.04 Å². The van der Waals surface area contributed by atoms with Gasteiger partial charge in [0, 0.05) is 13.1 Å². The van der Waals surface area contributed by atoms with E-state index in [4.69, 9.17) is 0 Å². The molecule has 6 nitrogen and oxygen atoms in total. The van der Waals surface area contributed by atoms with Crippen molar-refractivity contribution < 1.29 is 23.1 Å². The van der Waals surface area contributed by atoms with Gasteiger partial charge in [-0.25, -0.2) is 19.7 Å². The third-order valence-electron chi connectivity index (χ3n) is 3.00. The monoisotopic (exact) mass is 276 g/mol. The Morgan fingerprint density at radius 2 is 2.00 bits per heavy atom. The van der Waals surface area contributed by atoms with Gasteiger partial charge in [-0.2, -0.15) is 13.2 Å². The van der Waals surface area contributed by atoms with E-state index in [0.717, 1.165) is 4.90 Å². The Morgan fingerprint density at radius 3 is 2.47 bits per heavy atom. The number of hydrogen-bond acceptors (Lipinski definition) is 4. The first-order valence-electron chi connectivity index (χ1n) is 5.37. The number of rotatable bonds is 1. The van der Waals surface area contributed by atoms with E-state index in [-0.39, 0.29) is 5.82 Å². The number of halogens is 3. The summed E-state index contributed by atoms with van der Waals surface area (Å²) < 4.78 is 37.6. The molecule has 1 saturated heterocycles. The first-order chi connectivity index (χ1) is 8.73. The van der Waals surface area contributed by atoms with Crippen molar-refractivity contribution in [3.63, 3.8) is 0 Å². The minimum absolute atomic E-state index is 0.281. The number of aliphatic hydroxyl groups excluding tert-OH is 1. The van der Waals surface area contributed by atoms with Crippen LogP contribution in [0.25, 0.3) is 0 Å². The minimum Gasteiger partial charge on any atom is -0.371 e. The predicted molar refractivity (Wildman–Crippen MR) is 58.1 cm³/mol. The molecule has 2 atom stereocenters. The number of carbonyl (C=O) groups is 1. The maximum atomic E-state index is 12.5. The second-order valence-corrected chi connectivity index (χ2v) is 4.18. The quantitative estimate of drug-likeness (QED) is 0.833. The fourth-order valence-electron chi connectivity index (χ4n) is 1.74. The van der Waals surface area contributed by atoms with Crippen molar-refractivity contribution in [3.8, 4) is 0 Å². The molecule has 1 aromatic rings. The van der Waals surface area contributed by atoms with E-state index in [0.29, 0.717) is 12.4 Å². The van der Waals surface area contributed by atoms with E-state index in [2.05, 4.69) is 9.97 Å². The van der Waals surface area contributed by atoms with Gasteiger partial charge in [0.2, 0.25) is 0 Å². The van der Waals surface area contributed by atoms with E-state index >= 15 is 0 Å². The van der Waals surface area contributed by atoms with E-state index in [1.165, 1.54) is 11.9 Å². The molecule has 2 unspecified atom stereocenters. The lowest BCUT2D eigenvalue weighted by Crippen LogP contribution is -2.36. The molecule has 1 aliphatic heterocycles. The van der Waals surface area contributed by atoms with Crippen molar-refractivity contribution in [2.75, 3.05) is 11.9 Å². The van der Waals surface area contributed by atoms with E-state index in [9.17, 15) is 23.1 Å². The average molecular weight is 276 g/mol.